The van der Waals surface area contributed by atoms with E-state index in [-0.39, 0.29) is 18.2 Å². The Labute approximate surface area is 154 Å². The van der Waals surface area contributed by atoms with Crippen molar-refractivity contribution >= 4 is 39.9 Å². The molecule has 0 fully saturated rings. The highest BCUT2D eigenvalue weighted by atomic mass is 32.1. The van der Waals surface area contributed by atoms with Crippen molar-refractivity contribution in [2.24, 2.45) is 0 Å². The third kappa shape index (κ3) is 3.32. The Morgan fingerprint density at radius 1 is 1.23 bits per heavy atom. The zero-order valence-electron chi connectivity index (χ0n) is 14.0. The lowest BCUT2D eigenvalue weighted by molar-refractivity contribution is -0.122. The molecule has 4 rings (SSSR count). The van der Waals surface area contributed by atoms with E-state index < -0.39 is 11.9 Å². The molecule has 0 unspecified atom stereocenters. The van der Waals surface area contributed by atoms with E-state index in [0.717, 1.165) is 31.4 Å². The third-order valence-corrected chi connectivity index (χ3v) is 5.61. The molecular weight excluding hydrogens is 352 g/mol. The minimum Gasteiger partial charge on any atom is -0.340 e. The molecule has 1 aromatic heterocycles. The number of nitrogens with zero attached hydrogens (tertiary/aromatic N) is 1. The van der Waals surface area contributed by atoms with Crippen molar-refractivity contribution in [1.29, 1.82) is 0 Å². The minimum absolute atomic E-state index is 0.143. The van der Waals surface area contributed by atoms with Gasteiger partial charge in [-0.3, -0.25) is 14.4 Å². The van der Waals surface area contributed by atoms with Crippen LogP contribution in [0.1, 0.15) is 40.2 Å². The highest BCUT2D eigenvalue weighted by Gasteiger charge is 2.29. The van der Waals surface area contributed by atoms with Crippen LogP contribution in [0.25, 0.3) is 0 Å². The zero-order chi connectivity index (χ0) is 18.1. The number of nitrogens with one attached hydrogen (secondary N) is 3. The van der Waals surface area contributed by atoms with Crippen molar-refractivity contribution in [3.05, 3.63) is 40.4 Å². The van der Waals surface area contributed by atoms with Gasteiger partial charge in [0.1, 0.15) is 6.04 Å². The zero-order valence-corrected chi connectivity index (χ0v) is 14.8. The van der Waals surface area contributed by atoms with Gasteiger partial charge in [-0.05, 0) is 37.8 Å². The van der Waals surface area contributed by atoms with Gasteiger partial charge in [0, 0.05) is 4.88 Å². The van der Waals surface area contributed by atoms with Gasteiger partial charge in [-0.2, -0.15) is 0 Å². The van der Waals surface area contributed by atoms with Gasteiger partial charge in [0.15, 0.2) is 5.13 Å². The molecule has 0 saturated heterocycles. The number of carbonyl (C=O) groups excluding carboxylic acids is 3. The van der Waals surface area contributed by atoms with Crippen LogP contribution in [0.15, 0.2) is 24.3 Å². The molecule has 0 bridgehead atoms. The number of anilines is 2. The summed E-state index contributed by atoms with van der Waals surface area (Å²) >= 11 is 1.49. The summed E-state index contributed by atoms with van der Waals surface area (Å²) in [6.45, 7) is 0. The van der Waals surface area contributed by atoms with E-state index in [1.807, 2.05) is 0 Å². The molecule has 0 radical (unpaired) electrons. The lowest BCUT2D eigenvalue weighted by atomic mass is 10.0. The van der Waals surface area contributed by atoms with Gasteiger partial charge in [0.2, 0.25) is 11.8 Å². The van der Waals surface area contributed by atoms with Crippen molar-refractivity contribution in [2.75, 3.05) is 10.6 Å². The van der Waals surface area contributed by atoms with E-state index in [2.05, 4.69) is 20.9 Å². The largest absolute Gasteiger partial charge is 0.340 e. The number of para-hydroxylation sites is 1. The Morgan fingerprint density at radius 3 is 2.88 bits per heavy atom. The number of amides is 3. The molecular formula is C18H18N4O3S. The average molecular weight is 370 g/mol. The second kappa shape index (κ2) is 6.87. The number of carbonyl (C=O) groups is 3. The van der Waals surface area contributed by atoms with Gasteiger partial charge < -0.3 is 16.0 Å². The first-order chi connectivity index (χ1) is 12.6. The van der Waals surface area contributed by atoms with E-state index in [9.17, 15) is 14.4 Å². The van der Waals surface area contributed by atoms with Crippen LogP contribution in [0, 0.1) is 0 Å². The topological polar surface area (TPSA) is 100 Å². The smallest absolute Gasteiger partial charge is 0.254 e. The molecule has 0 spiro atoms. The highest BCUT2D eigenvalue weighted by molar-refractivity contribution is 7.15. The number of aromatic nitrogens is 1. The summed E-state index contributed by atoms with van der Waals surface area (Å²) in [5.41, 5.74) is 1.90. The molecule has 1 atom stereocenters. The van der Waals surface area contributed by atoms with Crippen LogP contribution in [-0.2, 0) is 22.4 Å². The van der Waals surface area contributed by atoms with E-state index >= 15 is 0 Å². The lowest BCUT2D eigenvalue weighted by Crippen LogP contribution is -2.43. The van der Waals surface area contributed by atoms with Crippen LogP contribution >= 0.6 is 11.3 Å². The summed E-state index contributed by atoms with van der Waals surface area (Å²) in [7, 11) is 0. The summed E-state index contributed by atoms with van der Waals surface area (Å²) in [5.74, 6) is -1.12. The van der Waals surface area contributed by atoms with Gasteiger partial charge >= 0.3 is 0 Å². The fourth-order valence-electron chi connectivity index (χ4n) is 3.22. The standard InChI is InChI=1S/C18H18N4O3S/c23-15(22-18-21-12-7-3-4-8-14(12)26-18)9-13-17(25)19-11-6-2-1-5-10(11)16(24)20-13/h1-2,5-6,13H,3-4,7-9H2,(H,19,25)(H,20,24)(H,21,22,23)/t13-/m1/s1. The SMILES string of the molecule is O=C(C[C@H]1NC(=O)c2ccccc2NC1=O)Nc1nc2c(s1)CCCC2. The van der Waals surface area contributed by atoms with Crippen molar-refractivity contribution in [3.8, 4) is 0 Å². The molecule has 2 aliphatic rings. The summed E-state index contributed by atoms with van der Waals surface area (Å²) in [4.78, 5) is 42.7. The maximum absolute atomic E-state index is 12.4. The first kappa shape index (κ1) is 16.7. The second-order valence-electron chi connectivity index (χ2n) is 6.41. The second-order valence-corrected chi connectivity index (χ2v) is 7.49. The molecule has 3 amide bonds. The van der Waals surface area contributed by atoms with Crippen molar-refractivity contribution in [3.63, 3.8) is 0 Å². The summed E-state index contributed by atoms with van der Waals surface area (Å²) < 4.78 is 0. The Balaban J connectivity index is 1.43. The van der Waals surface area contributed by atoms with Gasteiger partial charge in [-0.15, -0.1) is 11.3 Å². The van der Waals surface area contributed by atoms with Crippen molar-refractivity contribution < 1.29 is 14.4 Å². The molecule has 1 aliphatic carbocycles. The number of aryl methyl sites for hydroxylation is 2. The van der Waals surface area contributed by atoms with E-state index in [1.165, 1.54) is 16.2 Å². The lowest BCUT2D eigenvalue weighted by Gasteiger charge is -2.13. The molecule has 1 aliphatic heterocycles. The predicted molar refractivity (Wildman–Crippen MR) is 98.3 cm³/mol. The number of fused-ring (bicyclic) bond motifs is 2. The Bertz CT molecular complexity index is 869. The summed E-state index contributed by atoms with van der Waals surface area (Å²) in [6.07, 6.45) is 4.08. The van der Waals surface area contributed by atoms with E-state index in [0.29, 0.717) is 16.4 Å². The van der Waals surface area contributed by atoms with Crippen LogP contribution in [0.5, 0.6) is 0 Å². The molecule has 26 heavy (non-hydrogen) atoms. The maximum Gasteiger partial charge on any atom is 0.254 e. The molecule has 3 N–H and O–H groups in total. The molecule has 0 saturated carbocycles. The first-order valence-electron chi connectivity index (χ1n) is 8.59. The van der Waals surface area contributed by atoms with Crippen LogP contribution in [0.4, 0.5) is 10.8 Å². The highest BCUT2D eigenvalue weighted by Crippen LogP contribution is 2.29. The summed E-state index contributed by atoms with van der Waals surface area (Å²) in [6, 6.07) is 5.83. The number of thiazole rings is 1. The number of rotatable bonds is 3. The first-order valence-corrected chi connectivity index (χ1v) is 9.41. The fourth-order valence-corrected chi connectivity index (χ4v) is 4.28. The Kier molecular flexibility index (Phi) is 4.42. The number of hydrogen-bond donors (Lipinski definition) is 3. The van der Waals surface area contributed by atoms with Crippen LogP contribution in [-0.4, -0.2) is 28.7 Å². The van der Waals surface area contributed by atoms with E-state index in [4.69, 9.17) is 0 Å². The van der Waals surface area contributed by atoms with Crippen LogP contribution in [0.2, 0.25) is 0 Å². The summed E-state index contributed by atoms with van der Waals surface area (Å²) in [5, 5.41) is 8.64. The Morgan fingerprint density at radius 2 is 2.04 bits per heavy atom. The van der Waals surface area contributed by atoms with Gasteiger partial charge in [-0.25, -0.2) is 4.98 Å². The number of hydrogen-bond acceptors (Lipinski definition) is 5. The van der Waals surface area contributed by atoms with Crippen LogP contribution in [0.3, 0.4) is 0 Å². The third-order valence-electron chi connectivity index (χ3n) is 4.53. The minimum atomic E-state index is -0.926. The molecule has 1 aromatic carbocycles. The molecule has 2 heterocycles. The maximum atomic E-state index is 12.4. The fraction of sp³-hybridized carbons (Fsp3) is 0.333. The van der Waals surface area contributed by atoms with Gasteiger partial charge in [0.25, 0.3) is 5.91 Å². The van der Waals surface area contributed by atoms with Gasteiger partial charge in [-0.1, -0.05) is 12.1 Å². The normalized spacial score (nSPS) is 18.8. The predicted octanol–water partition coefficient (Wildman–Crippen LogP) is 2.10. The quantitative estimate of drug-likeness (QED) is 0.770. The molecule has 2 aromatic rings. The van der Waals surface area contributed by atoms with Gasteiger partial charge in [0.05, 0.1) is 23.4 Å². The average Bonchev–Trinajstić information content (AvgIpc) is 2.98. The van der Waals surface area contributed by atoms with E-state index in [1.54, 1.807) is 24.3 Å². The monoisotopic (exact) mass is 370 g/mol. The van der Waals surface area contributed by atoms with Crippen LogP contribution < -0.4 is 16.0 Å². The molecule has 134 valence electrons. The molecule has 7 nitrogen and oxygen atoms in total. The van der Waals surface area contributed by atoms with Crippen molar-refractivity contribution in [2.45, 2.75) is 38.1 Å². The Hall–Kier alpha value is -2.74. The van der Waals surface area contributed by atoms with Crippen molar-refractivity contribution in [1.82, 2.24) is 10.3 Å². The molecule has 8 heteroatoms. The number of benzene rings is 1.